The summed E-state index contributed by atoms with van der Waals surface area (Å²) in [7, 11) is 0. The van der Waals surface area contributed by atoms with Crippen LogP contribution in [-0.2, 0) is 11.2 Å². The summed E-state index contributed by atoms with van der Waals surface area (Å²) in [6, 6.07) is 2.92. The number of hydrogen-bond acceptors (Lipinski definition) is 3. The van der Waals surface area contributed by atoms with Gasteiger partial charge in [0.2, 0.25) is 5.91 Å². The van der Waals surface area contributed by atoms with Crippen LogP contribution in [0.3, 0.4) is 0 Å². The molecule has 1 amide bonds. The highest BCUT2D eigenvalue weighted by Gasteiger charge is 2.12. The van der Waals surface area contributed by atoms with Crippen LogP contribution in [0.25, 0.3) is 0 Å². The molecular formula is C10H12ClNO3. The van der Waals surface area contributed by atoms with Gasteiger partial charge >= 0.3 is 0 Å². The van der Waals surface area contributed by atoms with Crippen molar-refractivity contribution in [3.05, 3.63) is 22.7 Å². The Bertz CT molecular complexity index is 379. The molecule has 0 aliphatic heterocycles. The lowest BCUT2D eigenvalue weighted by molar-refractivity contribution is -0.114. The SMILES string of the molecule is CC(=O)Nc1c(O)ccc(Cl)c1CCO. The summed E-state index contributed by atoms with van der Waals surface area (Å²) in [6.07, 6.45) is 0.281. The number of aromatic hydroxyl groups is 1. The van der Waals surface area contributed by atoms with Gasteiger partial charge < -0.3 is 15.5 Å². The van der Waals surface area contributed by atoms with Gasteiger partial charge in [-0.3, -0.25) is 4.79 Å². The maximum atomic E-state index is 10.9. The zero-order chi connectivity index (χ0) is 11.4. The van der Waals surface area contributed by atoms with Crippen LogP contribution in [0.2, 0.25) is 5.02 Å². The molecule has 0 radical (unpaired) electrons. The Morgan fingerprint density at radius 1 is 1.53 bits per heavy atom. The number of nitrogens with one attached hydrogen (secondary N) is 1. The van der Waals surface area contributed by atoms with Gasteiger partial charge in [-0.1, -0.05) is 11.6 Å². The second-order valence-electron chi connectivity index (χ2n) is 3.07. The van der Waals surface area contributed by atoms with E-state index < -0.39 is 0 Å². The number of carbonyl (C=O) groups is 1. The molecular weight excluding hydrogens is 218 g/mol. The highest BCUT2D eigenvalue weighted by atomic mass is 35.5. The van der Waals surface area contributed by atoms with Crippen LogP contribution in [0.15, 0.2) is 12.1 Å². The van der Waals surface area contributed by atoms with Gasteiger partial charge in [-0.2, -0.15) is 0 Å². The van der Waals surface area contributed by atoms with Crippen molar-refractivity contribution >= 4 is 23.2 Å². The number of hydrogen-bond donors (Lipinski definition) is 3. The van der Waals surface area contributed by atoms with Crippen LogP contribution in [-0.4, -0.2) is 22.7 Å². The minimum absolute atomic E-state index is 0.0574. The Morgan fingerprint density at radius 2 is 2.20 bits per heavy atom. The van der Waals surface area contributed by atoms with Gasteiger partial charge in [0.05, 0.1) is 5.69 Å². The topological polar surface area (TPSA) is 69.6 Å². The summed E-state index contributed by atoms with van der Waals surface area (Å²) < 4.78 is 0. The first kappa shape index (κ1) is 11.8. The summed E-state index contributed by atoms with van der Waals surface area (Å²) in [5, 5.41) is 21.3. The van der Waals surface area contributed by atoms with Crippen LogP contribution in [0.5, 0.6) is 5.75 Å². The third kappa shape index (κ3) is 2.84. The number of rotatable bonds is 3. The van der Waals surface area contributed by atoms with E-state index in [-0.39, 0.29) is 30.4 Å². The van der Waals surface area contributed by atoms with Gasteiger partial charge in [0.25, 0.3) is 0 Å². The molecule has 0 spiro atoms. The Labute approximate surface area is 92.5 Å². The number of phenols is 1. The molecule has 0 unspecified atom stereocenters. The lowest BCUT2D eigenvalue weighted by Gasteiger charge is -2.12. The minimum atomic E-state index is -0.299. The highest BCUT2D eigenvalue weighted by Crippen LogP contribution is 2.33. The number of carbonyl (C=O) groups excluding carboxylic acids is 1. The number of aliphatic hydroxyl groups is 1. The lowest BCUT2D eigenvalue weighted by atomic mass is 10.1. The van der Waals surface area contributed by atoms with Gasteiger partial charge in [0.15, 0.2) is 0 Å². The molecule has 4 nitrogen and oxygen atoms in total. The van der Waals surface area contributed by atoms with Gasteiger partial charge in [-0.05, 0) is 18.6 Å². The third-order valence-electron chi connectivity index (χ3n) is 1.90. The van der Waals surface area contributed by atoms with Crippen molar-refractivity contribution in [1.82, 2.24) is 0 Å². The molecule has 0 aromatic heterocycles. The number of halogens is 1. The normalized spacial score (nSPS) is 10.1. The average Bonchev–Trinajstić information content (AvgIpc) is 2.17. The van der Waals surface area contributed by atoms with Crippen LogP contribution in [0.4, 0.5) is 5.69 Å². The van der Waals surface area contributed by atoms with Crippen molar-refractivity contribution < 1.29 is 15.0 Å². The van der Waals surface area contributed by atoms with E-state index in [2.05, 4.69) is 5.32 Å². The predicted octanol–water partition coefficient (Wildman–Crippen LogP) is 1.54. The zero-order valence-electron chi connectivity index (χ0n) is 8.25. The molecule has 0 bridgehead atoms. The van der Waals surface area contributed by atoms with E-state index in [1.807, 2.05) is 0 Å². The number of benzene rings is 1. The molecule has 0 saturated carbocycles. The molecule has 3 N–H and O–H groups in total. The Morgan fingerprint density at radius 3 is 2.73 bits per heavy atom. The number of amides is 1. The van der Waals surface area contributed by atoms with Gasteiger partial charge in [0, 0.05) is 24.1 Å². The fourth-order valence-electron chi connectivity index (χ4n) is 1.28. The van der Waals surface area contributed by atoms with Crippen molar-refractivity contribution in [2.45, 2.75) is 13.3 Å². The summed E-state index contributed by atoms with van der Waals surface area (Å²) in [4.78, 5) is 10.9. The molecule has 0 atom stereocenters. The van der Waals surface area contributed by atoms with E-state index in [4.69, 9.17) is 16.7 Å². The molecule has 1 aromatic carbocycles. The fraction of sp³-hybridized carbons (Fsp3) is 0.300. The molecule has 15 heavy (non-hydrogen) atoms. The van der Waals surface area contributed by atoms with E-state index in [1.165, 1.54) is 19.1 Å². The number of aliphatic hydroxyl groups excluding tert-OH is 1. The fourth-order valence-corrected chi connectivity index (χ4v) is 1.53. The quantitative estimate of drug-likeness (QED) is 0.689. The second kappa shape index (κ2) is 5.00. The maximum absolute atomic E-state index is 10.9. The maximum Gasteiger partial charge on any atom is 0.221 e. The molecule has 0 aliphatic rings. The smallest absolute Gasteiger partial charge is 0.221 e. The zero-order valence-corrected chi connectivity index (χ0v) is 9.01. The molecule has 1 aromatic rings. The summed E-state index contributed by atoms with van der Waals surface area (Å²) >= 11 is 5.89. The second-order valence-corrected chi connectivity index (χ2v) is 3.48. The molecule has 0 saturated heterocycles. The summed E-state index contributed by atoms with van der Waals surface area (Å²) in [5.41, 5.74) is 0.804. The minimum Gasteiger partial charge on any atom is -0.506 e. The standard InChI is InChI=1S/C10H12ClNO3/c1-6(14)12-10-7(4-5-13)8(11)2-3-9(10)15/h2-3,13,15H,4-5H2,1H3,(H,12,14). The molecule has 0 fully saturated rings. The van der Waals surface area contributed by atoms with Crippen LogP contribution >= 0.6 is 11.6 Å². The summed E-state index contributed by atoms with van der Waals surface area (Å²) in [6.45, 7) is 1.23. The van der Waals surface area contributed by atoms with E-state index in [1.54, 1.807) is 0 Å². The first-order valence-electron chi connectivity index (χ1n) is 4.45. The van der Waals surface area contributed by atoms with Crippen LogP contribution in [0.1, 0.15) is 12.5 Å². The van der Waals surface area contributed by atoms with Crippen LogP contribution in [0, 0.1) is 0 Å². The first-order chi connectivity index (χ1) is 7.06. The van der Waals surface area contributed by atoms with Gasteiger partial charge in [0.1, 0.15) is 5.75 Å². The third-order valence-corrected chi connectivity index (χ3v) is 2.25. The average molecular weight is 230 g/mol. The van der Waals surface area contributed by atoms with Crippen molar-refractivity contribution in [3.8, 4) is 5.75 Å². The van der Waals surface area contributed by atoms with Crippen molar-refractivity contribution in [1.29, 1.82) is 0 Å². The van der Waals surface area contributed by atoms with Gasteiger partial charge in [-0.25, -0.2) is 0 Å². The Hall–Kier alpha value is -1.26. The number of anilines is 1. The molecule has 82 valence electrons. The largest absolute Gasteiger partial charge is 0.506 e. The van der Waals surface area contributed by atoms with E-state index >= 15 is 0 Å². The Kier molecular flexibility index (Phi) is 3.94. The van der Waals surface area contributed by atoms with E-state index in [0.29, 0.717) is 10.6 Å². The van der Waals surface area contributed by atoms with Crippen LogP contribution < -0.4 is 5.32 Å². The summed E-state index contributed by atoms with van der Waals surface area (Å²) in [5.74, 6) is -0.357. The molecule has 5 heteroatoms. The first-order valence-corrected chi connectivity index (χ1v) is 4.83. The molecule has 0 aliphatic carbocycles. The van der Waals surface area contributed by atoms with Crippen molar-refractivity contribution in [2.75, 3.05) is 11.9 Å². The Balaban J connectivity index is 3.18. The lowest BCUT2D eigenvalue weighted by Crippen LogP contribution is -2.09. The van der Waals surface area contributed by atoms with Gasteiger partial charge in [-0.15, -0.1) is 0 Å². The molecule has 1 rings (SSSR count). The monoisotopic (exact) mass is 229 g/mol. The van der Waals surface area contributed by atoms with Crippen molar-refractivity contribution in [3.63, 3.8) is 0 Å². The van der Waals surface area contributed by atoms with E-state index in [0.717, 1.165) is 0 Å². The predicted molar refractivity (Wildman–Crippen MR) is 58.2 cm³/mol. The number of phenolic OH excluding ortho intramolecular Hbond substituents is 1. The highest BCUT2D eigenvalue weighted by molar-refractivity contribution is 6.32. The molecule has 0 heterocycles. The van der Waals surface area contributed by atoms with E-state index in [9.17, 15) is 9.90 Å². The van der Waals surface area contributed by atoms with Crippen molar-refractivity contribution in [2.24, 2.45) is 0 Å².